The number of carboxylic acids is 1. The van der Waals surface area contributed by atoms with Crippen molar-refractivity contribution in [3.8, 4) is 17.2 Å². The van der Waals surface area contributed by atoms with Gasteiger partial charge < -0.3 is 14.3 Å². The van der Waals surface area contributed by atoms with Gasteiger partial charge in [0.1, 0.15) is 11.3 Å². The maximum absolute atomic E-state index is 12.8. The quantitative estimate of drug-likeness (QED) is 0.326. The van der Waals surface area contributed by atoms with Crippen LogP contribution in [0.1, 0.15) is 18.1 Å². The Bertz CT molecular complexity index is 1270. The summed E-state index contributed by atoms with van der Waals surface area (Å²) >= 11 is 1.53. The van der Waals surface area contributed by atoms with E-state index in [0.29, 0.717) is 28.3 Å². The van der Waals surface area contributed by atoms with Crippen molar-refractivity contribution in [2.24, 2.45) is 0 Å². The monoisotopic (exact) mass is 474 g/mol. The lowest BCUT2D eigenvalue weighted by atomic mass is 10.1. The van der Waals surface area contributed by atoms with Gasteiger partial charge in [0, 0.05) is 22.4 Å². The molecule has 0 saturated carbocycles. The Labute approximate surface area is 190 Å². The summed E-state index contributed by atoms with van der Waals surface area (Å²) in [6.45, 7) is 1.45. The average molecular weight is 474 g/mol. The van der Waals surface area contributed by atoms with Crippen LogP contribution < -0.4 is 4.74 Å². The van der Waals surface area contributed by atoms with Crippen LogP contribution in [0.15, 0.2) is 70.1 Å². The van der Waals surface area contributed by atoms with E-state index in [4.69, 9.17) is 14.3 Å². The Morgan fingerprint density at radius 3 is 2.45 bits per heavy atom. The standard InChI is InChI=1S/C23H17F3N2O4S/c1-13(22(29)30)31-17-6-8-18(9-7-17)33-12-15-10-11-27-21-19(15)28-20(32-21)14-2-4-16(5-3-14)23(24,25)26/h2-11,13H,12H2,1H3,(H,29,30). The van der Waals surface area contributed by atoms with Crippen LogP contribution in [0.4, 0.5) is 13.2 Å². The summed E-state index contributed by atoms with van der Waals surface area (Å²) in [5.41, 5.74) is 1.37. The van der Waals surface area contributed by atoms with E-state index in [9.17, 15) is 18.0 Å². The van der Waals surface area contributed by atoms with Gasteiger partial charge in [0.2, 0.25) is 11.6 Å². The summed E-state index contributed by atoms with van der Waals surface area (Å²) in [5, 5.41) is 8.92. The van der Waals surface area contributed by atoms with Crippen molar-refractivity contribution in [1.82, 2.24) is 9.97 Å². The summed E-state index contributed by atoms with van der Waals surface area (Å²) in [7, 11) is 0. The number of benzene rings is 2. The topological polar surface area (TPSA) is 85.5 Å². The zero-order valence-electron chi connectivity index (χ0n) is 17.2. The molecule has 6 nitrogen and oxygen atoms in total. The molecule has 2 heterocycles. The summed E-state index contributed by atoms with van der Waals surface area (Å²) in [4.78, 5) is 20.4. The van der Waals surface area contributed by atoms with Crippen LogP contribution in [0.3, 0.4) is 0 Å². The molecule has 0 saturated heterocycles. The smallest absolute Gasteiger partial charge is 0.416 e. The van der Waals surface area contributed by atoms with Gasteiger partial charge in [-0.1, -0.05) is 0 Å². The first-order valence-corrected chi connectivity index (χ1v) is 10.7. The van der Waals surface area contributed by atoms with Gasteiger partial charge in [-0.3, -0.25) is 0 Å². The van der Waals surface area contributed by atoms with E-state index in [1.165, 1.54) is 30.8 Å². The van der Waals surface area contributed by atoms with E-state index in [-0.39, 0.29) is 5.89 Å². The highest BCUT2D eigenvalue weighted by Gasteiger charge is 2.30. The summed E-state index contributed by atoms with van der Waals surface area (Å²) in [6, 6.07) is 13.4. The van der Waals surface area contributed by atoms with Gasteiger partial charge in [0.25, 0.3) is 0 Å². The summed E-state index contributed by atoms with van der Waals surface area (Å²) in [5.74, 6) is 0.151. The van der Waals surface area contributed by atoms with Crippen LogP contribution >= 0.6 is 11.8 Å². The van der Waals surface area contributed by atoms with Crippen LogP contribution in [0.25, 0.3) is 22.7 Å². The second-order valence-electron chi connectivity index (χ2n) is 7.08. The molecule has 0 fully saturated rings. The Balaban J connectivity index is 1.49. The number of oxazole rings is 1. The first-order valence-electron chi connectivity index (χ1n) is 9.75. The van der Waals surface area contributed by atoms with E-state index < -0.39 is 23.8 Å². The normalized spacial score (nSPS) is 12.6. The van der Waals surface area contributed by atoms with Crippen molar-refractivity contribution >= 4 is 29.0 Å². The molecule has 2 aromatic carbocycles. The van der Waals surface area contributed by atoms with E-state index in [2.05, 4.69) is 9.97 Å². The molecular weight excluding hydrogens is 457 g/mol. The zero-order valence-corrected chi connectivity index (χ0v) is 18.0. The van der Waals surface area contributed by atoms with E-state index >= 15 is 0 Å². The Morgan fingerprint density at radius 2 is 1.82 bits per heavy atom. The lowest BCUT2D eigenvalue weighted by molar-refractivity contribution is -0.144. The number of nitrogens with zero attached hydrogens (tertiary/aromatic N) is 2. The lowest BCUT2D eigenvalue weighted by Gasteiger charge is -2.10. The molecule has 0 bridgehead atoms. The van der Waals surface area contributed by atoms with Gasteiger partial charge in [-0.2, -0.15) is 13.2 Å². The molecule has 0 radical (unpaired) electrons. The lowest BCUT2D eigenvalue weighted by Crippen LogP contribution is -2.22. The highest BCUT2D eigenvalue weighted by atomic mass is 32.2. The van der Waals surface area contributed by atoms with Gasteiger partial charge in [0.15, 0.2) is 6.10 Å². The molecule has 0 aliphatic heterocycles. The number of aliphatic carboxylic acids is 1. The highest BCUT2D eigenvalue weighted by Crippen LogP contribution is 2.33. The number of halogens is 3. The molecule has 1 N–H and O–H groups in total. The minimum absolute atomic E-state index is 0.192. The minimum atomic E-state index is -4.41. The van der Waals surface area contributed by atoms with Gasteiger partial charge in [-0.05, 0) is 67.1 Å². The third kappa shape index (κ3) is 5.28. The molecule has 170 valence electrons. The molecule has 1 atom stereocenters. The molecule has 0 aliphatic rings. The van der Waals surface area contributed by atoms with Crippen molar-refractivity contribution in [3.05, 3.63) is 71.9 Å². The van der Waals surface area contributed by atoms with Crippen LogP contribution in [0, 0.1) is 0 Å². The summed E-state index contributed by atoms with van der Waals surface area (Å²) < 4.78 is 49.4. The number of hydrogen-bond acceptors (Lipinski definition) is 6. The second-order valence-corrected chi connectivity index (χ2v) is 8.13. The van der Waals surface area contributed by atoms with Gasteiger partial charge in [-0.15, -0.1) is 11.8 Å². The number of ether oxygens (including phenoxy) is 1. The number of thioether (sulfide) groups is 1. The molecule has 4 rings (SSSR count). The predicted octanol–water partition coefficient (Wildman–Crippen LogP) is 6.05. The van der Waals surface area contributed by atoms with Crippen LogP contribution in [-0.4, -0.2) is 27.1 Å². The molecular formula is C23H17F3N2O4S. The van der Waals surface area contributed by atoms with Crippen molar-refractivity contribution in [1.29, 1.82) is 0 Å². The number of hydrogen-bond donors (Lipinski definition) is 1. The fourth-order valence-corrected chi connectivity index (χ4v) is 3.84. The van der Waals surface area contributed by atoms with E-state index in [1.54, 1.807) is 24.4 Å². The number of pyridine rings is 1. The SMILES string of the molecule is CC(Oc1ccc(SCc2ccnc3oc(-c4ccc(C(F)(F)F)cc4)nc23)cc1)C(=O)O. The summed E-state index contributed by atoms with van der Waals surface area (Å²) in [6.07, 6.45) is -3.77. The first kappa shape index (κ1) is 22.7. The Kier molecular flexibility index (Phi) is 6.28. The fourth-order valence-electron chi connectivity index (χ4n) is 2.95. The average Bonchev–Trinajstić information content (AvgIpc) is 3.23. The molecule has 2 aromatic heterocycles. The van der Waals surface area contributed by atoms with E-state index in [1.807, 2.05) is 12.1 Å². The van der Waals surface area contributed by atoms with Crippen LogP contribution in [0.2, 0.25) is 0 Å². The fraction of sp³-hybridized carbons (Fsp3) is 0.174. The molecule has 33 heavy (non-hydrogen) atoms. The third-order valence-corrected chi connectivity index (χ3v) is 5.78. The highest BCUT2D eigenvalue weighted by molar-refractivity contribution is 7.98. The van der Waals surface area contributed by atoms with Crippen molar-refractivity contribution in [3.63, 3.8) is 0 Å². The van der Waals surface area contributed by atoms with Gasteiger partial charge in [0.05, 0.1) is 5.56 Å². The second kappa shape index (κ2) is 9.14. The molecule has 0 amide bonds. The maximum Gasteiger partial charge on any atom is 0.416 e. The largest absolute Gasteiger partial charge is 0.479 e. The molecule has 1 unspecified atom stereocenters. The van der Waals surface area contributed by atoms with Crippen molar-refractivity contribution in [2.45, 2.75) is 29.9 Å². The maximum atomic E-state index is 12.8. The Hall–Kier alpha value is -3.53. The number of fused-ring (bicyclic) bond motifs is 1. The third-order valence-electron chi connectivity index (χ3n) is 4.72. The Morgan fingerprint density at radius 1 is 1.12 bits per heavy atom. The minimum Gasteiger partial charge on any atom is -0.479 e. The number of carbonyl (C=O) groups is 1. The van der Waals surface area contributed by atoms with Gasteiger partial charge >= 0.3 is 12.1 Å². The van der Waals surface area contributed by atoms with Crippen molar-refractivity contribution < 1.29 is 32.2 Å². The van der Waals surface area contributed by atoms with Crippen LogP contribution in [0.5, 0.6) is 5.75 Å². The molecule has 4 aromatic rings. The van der Waals surface area contributed by atoms with Crippen LogP contribution in [-0.2, 0) is 16.7 Å². The number of carboxylic acid groups (broad SMARTS) is 1. The van der Waals surface area contributed by atoms with Crippen molar-refractivity contribution in [2.75, 3.05) is 0 Å². The number of aromatic nitrogens is 2. The predicted molar refractivity (Wildman–Crippen MR) is 116 cm³/mol. The number of alkyl halides is 3. The molecule has 10 heteroatoms. The first-order chi connectivity index (χ1) is 15.7. The van der Waals surface area contributed by atoms with E-state index in [0.717, 1.165) is 22.6 Å². The molecule has 0 aliphatic carbocycles. The number of rotatable bonds is 7. The van der Waals surface area contributed by atoms with Gasteiger partial charge in [-0.25, -0.2) is 14.8 Å². The molecule has 0 spiro atoms. The zero-order chi connectivity index (χ0) is 23.6.